The SMILES string of the molecule is CCOC(=O)c1cn(Cc2ccc(N3CC4CC4C3)nc2C)nc1CC#N. The van der Waals surface area contributed by atoms with Gasteiger partial charge in [-0.05, 0) is 43.7 Å². The minimum absolute atomic E-state index is 0.0780. The number of hydrogen-bond acceptors (Lipinski definition) is 6. The number of carbonyl (C=O) groups is 1. The largest absolute Gasteiger partial charge is 0.462 e. The molecule has 2 atom stereocenters. The molecule has 0 bridgehead atoms. The van der Waals surface area contributed by atoms with Crippen molar-refractivity contribution in [1.82, 2.24) is 14.8 Å². The van der Waals surface area contributed by atoms with Gasteiger partial charge in [0, 0.05) is 25.0 Å². The smallest absolute Gasteiger partial charge is 0.341 e. The molecule has 2 unspecified atom stereocenters. The first-order valence-electron chi connectivity index (χ1n) is 9.41. The zero-order chi connectivity index (χ0) is 19.0. The van der Waals surface area contributed by atoms with Crippen molar-refractivity contribution in [2.75, 3.05) is 24.6 Å². The quantitative estimate of drug-likeness (QED) is 0.731. The fraction of sp³-hybridized carbons (Fsp3) is 0.500. The number of aromatic nitrogens is 3. The molecule has 3 heterocycles. The number of aryl methyl sites for hydroxylation is 1. The van der Waals surface area contributed by atoms with Crippen LogP contribution in [0.3, 0.4) is 0 Å². The highest BCUT2D eigenvalue weighted by molar-refractivity contribution is 5.90. The summed E-state index contributed by atoms with van der Waals surface area (Å²) in [6.07, 6.45) is 3.11. The van der Waals surface area contributed by atoms with Crippen molar-refractivity contribution >= 4 is 11.8 Å². The second-order valence-corrected chi connectivity index (χ2v) is 7.32. The van der Waals surface area contributed by atoms with Gasteiger partial charge >= 0.3 is 5.97 Å². The maximum Gasteiger partial charge on any atom is 0.341 e. The van der Waals surface area contributed by atoms with Crippen molar-refractivity contribution in [3.05, 3.63) is 40.8 Å². The molecule has 0 spiro atoms. The van der Waals surface area contributed by atoms with Gasteiger partial charge in [0.15, 0.2) is 0 Å². The number of fused-ring (bicyclic) bond motifs is 1. The van der Waals surface area contributed by atoms with Gasteiger partial charge in [0.1, 0.15) is 11.4 Å². The lowest BCUT2D eigenvalue weighted by atomic mass is 10.2. The molecule has 0 radical (unpaired) electrons. The summed E-state index contributed by atoms with van der Waals surface area (Å²) >= 11 is 0. The molecule has 2 aromatic rings. The lowest BCUT2D eigenvalue weighted by Crippen LogP contribution is -2.23. The number of esters is 1. The lowest BCUT2D eigenvalue weighted by Gasteiger charge is -2.20. The number of piperidine rings is 1. The van der Waals surface area contributed by atoms with Crippen molar-refractivity contribution in [2.45, 2.75) is 33.2 Å². The van der Waals surface area contributed by atoms with E-state index in [2.05, 4.69) is 28.2 Å². The van der Waals surface area contributed by atoms with Crippen LogP contribution in [-0.2, 0) is 17.7 Å². The van der Waals surface area contributed by atoms with E-state index in [1.165, 1.54) is 6.42 Å². The minimum atomic E-state index is -0.438. The summed E-state index contributed by atoms with van der Waals surface area (Å²) in [4.78, 5) is 19.2. The van der Waals surface area contributed by atoms with Crippen LogP contribution in [0.15, 0.2) is 18.3 Å². The molecule has 0 N–H and O–H groups in total. The van der Waals surface area contributed by atoms with Crippen molar-refractivity contribution in [1.29, 1.82) is 5.26 Å². The molecule has 2 aliphatic rings. The minimum Gasteiger partial charge on any atom is -0.462 e. The molecule has 1 saturated carbocycles. The van der Waals surface area contributed by atoms with Crippen molar-refractivity contribution in [2.24, 2.45) is 11.8 Å². The van der Waals surface area contributed by atoms with Crippen molar-refractivity contribution < 1.29 is 9.53 Å². The molecule has 1 aliphatic heterocycles. The van der Waals surface area contributed by atoms with E-state index in [0.29, 0.717) is 24.4 Å². The standard InChI is InChI=1S/C20H23N5O2/c1-3-27-20(26)17-12-25(23-18(17)6-7-21)11-14-4-5-19(22-13(14)2)24-9-15-8-16(15)10-24/h4-5,12,15-16H,3,6,8-11H2,1-2H3. The Balaban J connectivity index is 1.52. The number of carbonyl (C=O) groups excluding carboxylic acids is 1. The van der Waals surface area contributed by atoms with Crippen LogP contribution in [0, 0.1) is 30.1 Å². The second kappa shape index (κ2) is 7.03. The molecular formula is C20H23N5O2. The van der Waals surface area contributed by atoms with Crippen LogP contribution in [0.1, 0.15) is 40.7 Å². The summed E-state index contributed by atoms with van der Waals surface area (Å²) in [5.74, 6) is 2.35. The summed E-state index contributed by atoms with van der Waals surface area (Å²) in [7, 11) is 0. The van der Waals surface area contributed by atoms with Crippen molar-refractivity contribution in [3.63, 3.8) is 0 Å². The van der Waals surface area contributed by atoms with Crippen LogP contribution >= 0.6 is 0 Å². The summed E-state index contributed by atoms with van der Waals surface area (Å²) in [5.41, 5.74) is 2.82. The Morgan fingerprint density at radius 1 is 1.37 bits per heavy atom. The molecular weight excluding hydrogens is 342 g/mol. The van der Waals surface area contributed by atoms with E-state index in [9.17, 15) is 4.79 Å². The lowest BCUT2D eigenvalue weighted by molar-refractivity contribution is 0.0525. The van der Waals surface area contributed by atoms with Crippen LogP contribution in [0.25, 0.3) is 0 Å². The summed E-state index contributed by atoms with van der Waals surface area (Å²) < 4.78 is 6.76. The summed E-state index contributed by atoms with van der Waals surface area (Å²) in [5, 5.41) is 13.4. The molecule has 1 aliphatic carbocycles. The topological polar surface area (TPSA) is 84.0 Å². The predicted octanol–water partition coefficient (Wildman–Crippen LogP) is 2.33. The molecule has 2 fully saturated rings. The third-order valence-electron chi connectivity index (χ3n) is 5.40. The number of anilines is 1. The zero-order valence-corrected chi connectivity index (χ0v) is 15.7. The molecule has 27 heavy (non-hydrogen) atoms. The Kier molecular flexibility index (Phi) is 4.56. The van der Waals surface area contributed by atoms with Crippen molar-refractivity contribution in [3.8, 4) is 6.07 Å². The molecule has 2 aromatic heterocycles. The summed E-state index contributed by atoms with van der Waals surface area (Å²) in [6.45, 7) is 6.79. The molecule has 0 amide bonds. The first kappa shape index (κ1) is 17.5. The van der Waals surface area contributed by atoms with Gasteiger partial charge in [-0.3, -0.25) is 4.68 Å². The number of nitriles is 1. The highest BCUT2D eigenvalue weighted by Crippen LogP contribution is 2.45. The molecule has 140 valence electrons. The van der Waals surface area contributed by atoms with Gasteiger partial charge in [0.2, 0.25) is 0 Å². The average molecular weight is 365 g/mol. The molecule has 4 rings (SSSR count). The van der Waals surface area contributed by atoms with E-state index in [4.69, 9.17) is 15.0 Å². The van der Waals surface area contributed by atoms with E-state index >= 15 is 0 Å². The maximum absolute atomic E-state index is 12.1. The highest BCUT2D eigenvalue weighted by Gasteiger charge is 2.45. The van der Waals surface area contributed by atoms with E-state index in [-0.39, 0.29) is 6.42 Å². The Morgan fingerprint density at radius 3 is 2.81 bits per heavy atom. The van der Waals surface area contributed by atoms with E-state index in [0.717, 1.165) is 42.0 Å². The van der Waals surface area contributed by atoms with Crippen LogP contribution < -0.4 is 4.90 Å². The first-order chi connectivity index (χ1) is 13.1. The van der Waals surface area contributed by atoms with E-state index in [1.807, 2.05) is 6.92 Å². The predicted molar refractivity (Wildman–Crippen MR) is 99.4 cm³/mol. The van der Waals surface area contributed by atoms with Gasteiger partial charge in [-0.1, -0.05) is 6.07 Å². The van der Waals surface area contributed by atoms with Gasteiger partial charge in [-0.15, -0.1) is 0 Å². The molecule has 7 nitrogen and oxygen atoms in total. The Bertz CT molecular complexity index is 904. The fourth-order valence-electron chi connectivity index (χ4n) is 3.81. The fourth-order valence-corrected chi connectivity index (χ4v) is 3.81. The van der Waals surface area contributed by atoms with Crippen LogP contribution in [0.5, 0.6) is 0 Å². The third kappa shape index (κ3) is 3.52. The van der Waals surface area contributed by atoms with Gasteiger partial charge in [0.25, 0.3) is 0 Å². The van der Waals surface area contributed by atoms with Gasteiger partial charge < -0.3 is 9.64 Å². The maximum atomic E-state index is 12.1. The number of pyridine rings is 1. The molecule has 0 aromatic carbocycles. The summed E-state index contributed by atoms with van der Waals surface area (Å²) in [6, 6.07) is 6.20. The number of ether oxygens (including phenoxy) is 1. The average Bonchev–Trinajstić information content (AvgIpc) is 3.06. The number of nitrogens with zero attached hydrogens (tertiary/aromatic N) is 5. The highest BCUT2D eigenvalue weighted by atomic mass is 16.5. The second-order valence-electron chi connectivity index (χ2n) is 7.32. The third-order valence-corrected chi connectivity index (χ3v) is 5.40. The monoisotopic (exact) mass is 365 g/mol. The number of hydrogen-bond donors (Lipinski definition) is 0. The first-order valence-corrected chi connectivity index (χ1v) is 9.41. The van der Waals surface area contributed by atoms with Crippen LogP contribution in [0.4, 0.5) is 5.82 Å². The van der Waals surface area contributed by atoms with Gasteiger partial charge in [-0.2, -0.15) is 10.4 Å². The van der Waals surface area contributed by atoms with Crippen LogP contribution in [-0.4, -0.2) is 40.4 Å². The number of rotatable bonds is 6. The van der Waals surface area contributed by atoms with Gasteiger partial charge in [-0.25, -0.2) is 9.78 Å². The van der Waals surface area contributed by atoms with E-state index < -0.39 is 5.97 Å². The molecule has 1 saturated heterocycles. The Labute approximate surface area is 158 Å². The van der Waals surface area contributed by atoms with Crippen LogP contribution in [0.2, 0.25) is 0 Å². The molecule has 7 heteroatoms. The van der Waals surface area contributed by atoms with E-state index in [1.54, 1.807) is 17.8 Å². The zero-order valence-electron chi connectivity index (χ0n) is 15.7. The Morgan fingerprint density at radius 2 is 2.15 bits per heavy atom. The normalized spacial score (nSPS) is 20.3. The Hall–Kier alpha value is -2.88. The van der Waals surface area contributed by atoms with Gasteiger partial charge in [0.05, 0.1) is 31.3 Å².